The van der Waals surface area contributed by atoms with Crippen molar-refractivity contribution < 1.29 is 0 Å². The summed E-state index contributed by atoms with van der Waals surface area (Å²) in [6, 6.07) is 8.21. The van der Waals surface area contributed by atoms with Gasteiger partial charge in [-0.3, -0.25) is 0 Å². The lowest BCUT2D eigenvalue weighted by molar-refractivity contribution is 0.815. The largest absolute Gasteiger partial charge is 0.370 e. The second kappa shape index (κ2) is 5.25. The maximum Gasteiger partial charge on any atom is 0.0510 e. The van der Waals surface area contributed by atoms with Gasteiger partial charge >= 0.3 is 0 Å². The molecule has 0 spiro atoms. The topological polar surface area (TPSA) is 29.3 Å². The molecule has 0 amide bonds. The number of hydrogen-bond donors (Lipinski definition) is 1. The third-order valence-electron chi connectivity index (χ3n) is 1.97. The van der Waals surface area contributed by atoms with Crippen molar-refractivity contribution in [3.05, 3.63) is 28.7 Å². The molecule has 2 N–H and O–H groups in total. The summed E-state index contributed by atoms with van der Waals surface area (Å²) in [6.45, 7) is 4.71. The van der Waals surface area contributed by atoms with Crippen LogP contribution in [-0.2, 0) is 0 Å². The fourth-order valence-electron chi connectivity index (χ4n) is 1.31. The second-order valence-corrected chi connectivity index (χ2v) is 3.67. The molecule has 0 aliphatic rings. The van der Waals surface area contributed by atoms with Gasteiger partial charge in [-0.15, -0.1) is 0 Å². The maximum atomic E-state index is 5.54. The Morgan fingerprint density at radius 2 is 2.08 bits per heavy atom. The van der Waals surface area contributed by atoms with E-state index in [-0.39, 0.29) is 0 Å². The van der Waals surface area contributed by atoms with Crippen molar-refractivity contribution in [2.75, 3.05) is 24.5 Å². The third-order valence-corrected chi connectivity index (χ3v) is 2.64. The first-order chi connectivity index (χ1) is 6.29. The normalized spacial score (nSPS) is 10.1. The molecule has 0 aromatic heterocycles. The van der Waals surface area contributed by atoms with Gasteiger partial charge in [0.1, 0.15) is 0 Å². The van der Waals surface area contributed by atoms with Crippen molar-refractivity contribution in [2.45, 2.75) is 6.92 Å². The Labute approximate surface area is 87.9 Å². The van der Waals surface area contributed by atoms with Crippen LogP contribution in [0.1, 0.15) is 6.92 Å². The fraction of sp³-hybridized carbons (Fsp3) is 0.400. The van der Waals surface area contributed by atoms with Crippen molar-refractivity contribution in [2.24, 2.45) is 5.73 Å². The molecule has 0 aliphatic carbocycles. The van der Waals surface area contributed by atoms with Crippen LogP contribution in [0, 0.1) is 0 Å². The highest BCUT2D eigenvalue weighted by atomic mass is 79.9. The average Bonchev–Trinajstić information content (AvgIpc) is 2.16. The predicted molar refractivity (Wildman–Crippen MR) is 61.1 cm³/mol. The van der Waals surface area contributed by atoms with Crippen LogP contribution in [0.25, 0.3) is 0 Å². The van der Waals surface area contributed by atoms with E-state index in [9.17, 15) is 0 Å². The number of likely N-dealkylation sites (N-methyl/N-ethyl adjacent to an activating group) is 1. The second-order valence-electron chi connectivity index (χ2n) is 2.82. The van der Waals surface area contributed by atoms with Gasteiger partial charge in [0, 0.05) is 24.1 Å². The minimum Gasteiger partial charge on any atom is -0.370 e. The Morgan fingerprint density at radius 1 is 1.38 bits per heavy atom. The Morgan fingerprint density at radius 3 is 2.62 bits per heavy atom. The number of anilines is 1. The third kappa shape index (κ3) is 2.71. The van der Waals surface area contributed by atoms with Gasteiger partial charge in [-0.1, -0.05) is 12.1 Å². The lowest BCUT2D eigenvalue weighted by Crippen LogP contribution is -2.29. The van der Waals surface area contributed by atoms with E-state index in [0.717, 1.165) is 17.6 Å². The lowest BCUT2D eigenvalue weighted by atomic mass is 10.3. The van der Waals surface area contributed by atoms with Gasteiger partial charge in [-0.2, -0.15) is 0 Å². The van der Waals surface area contributed by atoms with Gasteiger partial charge in [0.25, 0.3) is 0 Å². The van der Waals surface area contributed by atoms with E-state index < -0.39 is 0 Å². The summed E-state index contributed by atoms with van der Waals surface area (Å²) in [5.41, 5.74) is 6.75. The summed E-state index contributed by atoms with van der Waals surface area (Å²) in [5.74, 6) is 0. The molecule has 0 saturated carbocycles. The standard InChI is InChI=1S/C10H15BrN2/c1-2-13(8-7-12)10-6-4-3-5-9(10)11/h3-6H,2,7-8,12H2,1H3. The molecule has 0 aliphatic heterocycles. The number of para-hydroxylation sites is 1. The Bertz CT molecular complexity index is 263. The molecular formula is C10H15BrN2. The number of hydrogen-bond acceptors (Lipinski definition) is 2. The van der Waals surface area contributed by atoms with Gasteiger partial charge < -0.3 is 10.6 Å². The number of benzene rings is 1. The van der Waals surface area contributed by atoms with Crippen LogP contribution in [0.5, 0.6) is 0 Å². The van der Waals surface area contributed by atoms with Gasteiger partial charge in [0.2, 0.25) is 0 Å². The highest BCUT2D eigenvalue weighted by molar-refractivity contribution is 9.10. The smallest absolute Gasteiger partial charge is 0.0510 e. The SMILES string of the molecule is CCN(CCN)c1ccccc1Br. The van der Waals surface area contributed by atoms with Crippen LogP contribution in [-0.4, -0.2) is 19.6 Å². The van der Waals surface area contributed by atoms with Crippen LogP contribution in [0.15, 0.2) is 28.7 Å². The molecule has 0 fully saturated rings. The van der Waals surface area contributed by atoms with E-state index in [1.54, 1.807) is 0 Å². The first-order valence-electron chi connectivity index (χ1n) is 4.49. The van der Waals surface area contributed by atoms with Crippen LogP contribution in [0.4, 0.5) is 5.69 Å². The molecule has 0 bridgehead atoms. The van der Waals surface area contributed by atoms with Crippen LogP contribution in [0.2, 0.25) is 0 Å². The van der Waals surface area contributed by atoms with E-state index in [2.05, 4.69) is 39.9 Å². The summed E-state index contributed by atoms with van der Waals surface area (Å²) in [6.07, 6.45) is 0. The van der Waals surface area contributed by atoms with Gasteiger partial charge in [-0.05, 0) is 35.0 Å². The maximum absolute atomic E-state index is 5.54. The van der Waals surface area contributed by atoms with Crippen molar-refractivity contribution >= 4 is 21.6 Å². The van der Waals surface area contributed by atoms with E-state index in [4.69, 9.17) is 5.73 Å². The first kappa shape index (κ1) is 10.5. The minimum atomic E-state index is 0.690. The summed E-state index contributed by atoms with van der Waals surface area (Å²) in [4.78, 5) is 2.25. The molecule has 1 rings (SSSR count). The molecule has 3 heteroatoms. The zero-order valence-corrected chi connectivity index (χ0v) is 9.42. The van der Waals surface area contributed by atoms with Gasteiger partial charge in [0.15, 0.2) is 0 Å². The number of nitrogens with two attached hydrogens (primary N) is 1. The van der Waals surface area contributed by atoms with Crippen LogP contribution >= 0.6 is 15.9 Å². The molecular weight excluding hydrogens is 228 g/mol. The van der Waals surface area contributed by atoms with Gasteiger partial charge in [-0.25, -0.2) is 0 Å². The number of rotatable bonds is 4. The molecule has 0 unspecified atom stereocenters. The monoisotopic (exact) mass is 242 g/mol. The molecule has 13 heavy (non-hydrogen) atoms. The molecule has 1 aromatic rings. The van der Waals surface area contributed by atoms with Crippen molar-refractivity contribution in [3.63, 3.8) is 0 Å². The van der Waals surface area contributed by atoms with Gasteiger partial charge in [0.05, 0.1) is 5.69 Å². The van der Waals surface area contributed by atoms with Crippen molar-refractivity contribution in [3.8, 4) is 0 Å². The molecule has 0 radical (unpaired) electrons. The highest BCUT2D eigenvalue weighted by Gasteiger charge is 2.05. The minimum absolute atomic E-state index is 0.690. The molecule has 1 aromatic carbocycles. The number of halogens is 1. The predicted octanol–water partition coefficient (Wildman–Crippen LogP) is 2.23. The molecule has 2 nitrogen and oxygen atoms in total. The summed E-state index contributed by atoms with van der Waals surface area (Å²) >= 11 is 3.53. The van der Waals surface area contributed by atoms with E-state index >= 15 is 0 Å². The van der Waals surface area contributed by atoms with Crippen molar-refractivity contribution in [1.82, 2.24) is 0 Å². The lowest BCUT2D eigenvalue weighted by Gasteiger charge is -2.23. The Balaban J connectivity index is 2.84. The zero-order chi connectivity index (χ0) is 9.68. The van der Waals surface area contributed by atoms with E-state index in [1.165, 1.54) is 5.69 Å². The van der Waals surface area contributed by atoms with Crippen molar-refractivity contribution in [1.29, 1.82) is 0 Å². The van der Waals surface area contributed by atoms with E-state index in [0.29, 0.717) is 6.54 Å². The summed E-state index contributed by atoms with van der Waals surface area (Å²) in [5, 5.41) is 0. The average molecular weight is 243 g/mol. The zero-order valence-electron chi connectivity index (χ0n) is 7.83. The summed E-state index contributed by atoms with van der Waals surface area (Å²) < 4.78 is 1.13. The Hall–Kier alpha value is -0.540. The molecule has 72 valence electrons. The quantitative estimate of drug-likeness (QED) is 0.878. The highest BCUT2D eigenvalue weighted by Crippen LogP contribution is 2.24. The van der Waals surface area contributed by atoms with Crippen LogP contribution in [0.3, 0.4) is 0 Å². The molecule has 0 saturated heterocycles. The van der Waals surface area contributed by atoms with Crippen LogP contribution < -0.4 is 10.6 Å². The van der Waals surface area contributed by atoms with E-state index in [1.807, 2.05) is 12.1 Å². The molecule has 0 atom stereocenters. The molecule has 0 heterocycles. The fourth-order valence-corrected chi connectivity index (χ4v) is 1.85. The number of nitrogens with zero attached hydrogens (tertiary/aromatic N) is 1. The Kier molecular flexibility index (Phi) is 4.25. The summed E-state index contributed by atoms with van der Waals surface area (Å²) in [7, 11) is 0. The first-order valence-corrected chi connectivity index (χ1v) is 5.28.